The maximum Gasteiger partial charge on any atom is 0.472 e. The molecule has 7 rings (SSSR count). The van der Waals surface area contributed by atoms with E-state index in [0.29, 0.717) is 0 Å². The number of H-pyrrole nitrogens is 1. The predicted molar refractivity (Wildman–Crippen MR) is 143 cm³/mol. The quantitative estimate of drug-likeness (QED) is 0.109. The lowest BCUT2D eigenvalue weighted by molar-refractivity contribution is -0.0672. The topological polar surface area (TPSA) is 330 Å². The molecule has 9 N–H and O–H groups in total. The summed E-state index contributed by atoms with van der Waals surface area (Å²) in [5, 5.41) is 22.1. The molecule has 0 spiro atoms. The Balaban J connectivity index is 1.21. The minimum absolute atomic E-state index is 0.0343. The summed E-state index contributed by atoms with van der Waals surface area (Å²) in [6.07, 6.45) is -9.21. The molecule has 0 aliphatic carbocycles. The average Bonchev–Trinajstić information content (AvgIpc) is 3.72. The molecule has 0 amide bonds. The van der Waals surface area contributed by atoms with E-state index < -0.39 is 83.5 Å². The number of nitrogens with two attached hydrogens (primary N) is 2. The standard InChI is InChI=1S/C20H24N10O13P2/c21-14-8-15(24-3-23-14)29(4-25-8)18-11(32)12-7(41-18)2-39-45(36,37)43-13-10(31)6(1-38-44(34,35)42-12)40-19(13)30-5-26-9-16(30)27-20(22)28-17(9)33/h3-7,10-13,18-19,31-32H,1-2H2,(H,34,35)(H,36,37)(H2,21,23,24)(H3,22,27,28,33)/t6-,7-,10+,11?,12?,13?,18-,19-/m1/s1. The minimum atomic E-state index is -5.11. The summed E-state index contributed by atoms with van der Waals surface area (Å²) in [6.45, 7) is -1.65. The smallest absolute Gasteiger partial charge is 0.387 e. The van der Waals surface area contributed by atoms with Gasteiger partial charge in [-0.2, -0.15) is 4.98 Å². The largest absolute Gasteiger partial charge is 0.472 e. The maximum absolute atomic E-state index is 13.2. The van der Waals surface area contributed by atoms with Crippen LogP contribution in [0.4, 0.5) is 11.8 Å². The van der Waals surface area contributed by atoms with Crippen molar-refractivity contribution in [1.82, 2.24) is 39.0 Å². The molecule has 3 aliphatic heterocycles. The highest BCUT2D eigenvalue weighted by Crippen LogP contribution is 2.53. The second-order valence-corrected chi connectivity index (χ2v) is 13.0. The van der Waals surface area contributed by atoms with Gasteiger partial charge < -0.3 is 40.9 Å². The third-order valence-electron chi connectivity index (χ3n) is 7.32. The first-order valence-electron chi connectivity index (χ1n) is 13.0. The van der Waals surface area contributed by atoms with Gasteiger partial charge in [-0.1, -0.05) is 0 Å². The normalized spacial score (nSPS) is 37.7. The zero-order valence-electron chi connectivity index (χ0n) is 22.4. The molecule has 242 valence electrons. The van der Waals surface area contributed by atoms with E-state index in [1.807, 2.05) is 0 Å². The van der Waals surface area contributed by atoms with Crippen molar-refractivity contribution in [3.8, 4) is 0 Å². The van der Waals surface area contributed by atoms with E-state index in [9.17, 15) is 33.9 Å². The summed E-state index contributed by atoms with van der Waals surface area (Å²) in [6, 6.07) is 0. The van der Waals surface area contributed by atoms with Gasteiger partial charge in [-0.05, 0) is 0 Å². The molecule has 4 aromatic rings. The molecule has 4 aromatic heterocycles. The number of imidazole rings is 2. The van der Waals surface area contributed by atoms with Gasteiger partial charge in [-0.25, -0.2) is 29.1 Å². The van der Waals surface area contributed by atoms with Crippen LogP contribution in [0.15, 0.2) is 23.8 Å². The summed E-state index contributed by atoms with van der Waals surface area (Å²) in [5.41, 5.74) is 10.8. The number of hydrogen-bond acceptors (Lipinski definition) is 18. The van der Waals surface area contributed by atoms with Crippen LogP contribution in [0.5, 0.6) is 0 Å². The van der Waals surface area contributed by atoms with Gasteiger partial charge in [0.1, 0.15) is 48.5 Å². The van der Waals surface area contributed by atoms with E-state index in [0.717, 1.165) is 17.2 Å². The number of anilines is 2. The van der Waals surface area contributed by atoms with Gasteiger partial charge in [-0.3, -0.25) is 37.0 Å². The van der Waals surface area contributed by atoms with Crippen molar-refractivity contribution in [3.05, 3.63) is 29.3 Å². The van der Waals surface area contributed by atoms with Crippen LogP contribution in [0.25, 0.3) is 22.3 Å². The van der Waals surface area contributed by atoms with Crippen LogP contribution in [0.3, 0.4) is 0 Å². The van der Waals surface area contributed by atoms with Crippen LogP contribution in [0, 0.1) is 0 Å². The van der Waals surface area contributed by atoms with Gasteiger partial charge in [0, 0.05) is 0 Å². The van der Waals surface area contributed by atoms with E-state index in [4.69, 9.17) is 39.0 Å². The molecule has 5 unspecified atom stereocenters. The van der Waals surface area contributed by atoms with E-state index in [1.165, 1.54) is 10.9 Å². The van der Waals surface area contributed by atoms with Crippen LogP contribution in [0.2, 0.25) is 0 Å². The van der Waals surface area contributed by atoms with Crippen LogP contribution in [0.1, 0.15) is 12.5 Å². The fourth-order valence-electron chi connectivity index (χ4n) is 5.30. The fraction of sp³-hybridized carbons (Fsp3) is 0.500. The number of aromatic nitrogens is 8. The van der Waals surface area contributed by atoms with E-state index >= 15 is 0 Å². The first-order valence-corrected chi connectivity index (χ1v) is 15.9. The SMILES string of the molecule is Nc1nc2c(ncn2[C@@H]2O[C@@H]3COP(=O)(O)OC4C(O)[C@H](n5cnc6c(N)ncnc65)O[C@@H]4COP(=O)(O)OC2[C@H]3O)c(=O)[nH]1. The van der Waals surface area contributed by atoms with Crippen LogP contribution >= 0.6 is 15.6 Å². The molecule has 10 atom stereocenters. The zero-order valence-corrected chi connectivity index (χ0v) is 24.2. The van der Waals surface area contributed by atoms with Gasteiger partial charge in [0.25, 0.3) is 5.56 Å². The Bertz CT molecular complexity index is 1940. The first-order chi connectivity index (χ1) is 21.3. The van der Waals surface area contributed by atoms with Gasteiger partial charge in [0.15, 0.2) is 35.1 Å². The molecule has 0 aromatic carbocycles. The Hall–Kier alpha value is -3.44. The van der Waals surface area contributed by atoms with Crippen LogP contribution < -0.4 is 17.0 Å². The number of phosphoric ester groups is 2. The number of nitrogen functional groups attached to an aromatic ring is 2. The maximum atomic E-state index is 13.2. The molecule has 2 bridgehead atoms. The number of ether oxygens (including phenoxy) is 2. The Labute approximate surface area is 248 Å². The van der Waals surface area contributed by atoms with Crippen LogP contribution in [-0.4, -0.2) is 109 Å². The van der Waals surface area contributed by atoms with Gasteiger partial charge in [-0.15, -0.1) is 0 Å². The van der Waals surface area contributed by atoms with Crippen molar-refractivity contribution >= 4 is 49.7 Å². The predicted octanol–water partition coefficient (Wildman–Crippen LogP) is -2.34. The molecule has 25 heteroatoms. The summed E-state index contributed by atoms with van der Waals surface area (Å²) >= 11 is 0. The summed E-state index contributed by atoms with van der Waals surface area (Å²) < 4.78 is 61.0. The Kier molecular flexibility index (Phi) is 7.27. The second-order valence-electron chi connectivity index (χ2n) is 10.1. The Morgan fingerprint density at radius 1 is 0.822 bits per heavy atom. The van der Waals surface area contributed by atoms with Crippen molar-refractivity contribution in [1.29, 1.82) is 0 Å². The molecule has 7 heterocycles. The van der Waals surface area contributed by atoms with Gasteiger partial charge >= 0.3 is 15.6 Å². The highest BCUT2D eigenvalue weighted by atomic mass is 31.2. The lowest BCUT2D eigenvalue weighted by Crippen LogP contribution is -2.36. The molecule has 45 heavy (non-hydrogen) atoms. The van der Waals surface area contributed by atoms with Crippen molar-refractivity contribution in [2.45, 2.75) is 49.1 Å². The number of aromatic amines is 1. The molecule has 3 aliphatic rings. The van der Waals surface area contributed by atoms with Crippen molar-refractivity contribution in [2.24, 2.45) is 0 Å². The summed E-state index contributed by atoms with van der Waals surface area (Å²) in [7, 11) is -10.2. The average molecular weight is 674 g/mol. The Morgan fingerprint density at radius 2 is 1.44 bits per heavy atom. The third kappa shape index (κ3) is 5.31. The number of hydrogen-bond donors (Lipinski definition) is 7. The second kappa shape index (κ2) is 10.8. The van der Waals surface area contributed by atoms with Gasteiger partial charge in [0.2, 0.25) is 5.95 Å². The lowest BCUT2D eigenvalue weighted by atomic mass is 10.1. The summed E-state index contributed by atoms with van der Waals surface area (Å²) in [5.74, 6) is -0.250. The monoisotopic (exact) mass is 674 g/mol. The molecular formula is C20H24N10O13P2. The van der Waals surface area contributed by atoms with E-state index in [1.54, 1.807) is 0 Å². The fourth-order valence-corrected chi connectivity index (χ4v) is 7.19. The molecule has 3 fully saturated rings. The first kappa shape index (κ1) is 30.2. The molecular weight excluding hydrogens is 650 g/mol. The molecule has 0 saturated carbocycles. The number of rotatable bonds is 2. The lowest BCUT2D eigenvalue weighted by Gasteiger charge is -2.25. The van der Waals surface area contributed by atoms with Crippen molar-refractivity contribution < 1.29 is 56.7 Å². The number of aliphatic hydroxyl groups excluding tert-OH is 2. The van der Waals surface area contributed by atoms with Gasteiger partial charge in [0.05, 0.1) is 25.9 Å². The minimum Gasteiger partial charge on any atom is -0.387 e. The zero-order chi connectivity index (χ0) is 31.8. The number of aliphatic hydroxyl groups is 2. The summed E-state index contributed by atoms with van der Waals surface area (Å²) in [4.78, 5) is 55.8. The number of phosphoric acid groups is 2. The number of fused-ring (bicyclic) bond motifs is 5. The molecule has 3 saturated heterocycles. The highest BCUT2D eigenvalue weighted by molar-refractivity contribution is 7.47. The van der Waals surface area contributed by atoms with E-state index in [2.05, 4.69) is 29.9 Å². The number of nitrogens with zero attached hydrogens (tertiary/aromatic N) is 7. The molecule has 0 radical (unpaired) electrons. The van der Waals surface area contributed by atoms with Crippen molar-refractivity contribution in [2.75, 3.05) is 24.7 Å². The third-order valence-corrected chi connectivity index (χ3v) is 9.29. The Morgan fingerprint density at radius 3 is 2.18 bits per heavy atom. The molecule has 23 nitrogen and oxygen atoms in total. The van der Waals surface area contributed by atoms with Crippen molar-refractivity contribution in [3.63, 3.8) is 0 Å². The van der Waals surface area contributed by atoms with E-state index in [-0.39, 0.29) is 34.1 Å². The highest BCUT2D eigenvalue weighted by Gasteiger charge is 2.54. The van der Waals surface area contributed by atoms with Crippen LogP contribution in [-0.2, 0) is 36.7 Å². The number of nitrogens with one attached hydrogen (secondary N) is 1.